The van der Waals surface area contributed by atoms with Crippen LogP contribution in [0.25, 0.3) is 0 Å². The Kier molecular flexibility index (Phi) is 6.39. The lowest BCUT2D eigenvalue weighted by molar-refractivity contribution is -0.189. The third-order valence-corrected chi connectivity index (χ3v) is 6.68. The van der Waals surface area contributed by atoms with E-state index >= 15 is 8.78 Å². The summed E-state index contributed by atoms with van der Waals surface area (Å²) >= 11 is 3.11. The van der Waals surface area contributed by atoms with E-state index in [1.807, 2.05) is 0 Å². The Bertz CT molecular complexity index is 798. The van der Waals surface area contributed by atoms with Gasteiger partial charge in [-0.2, -0.15) is 8.78 Å². The van der Waals surface area contributed by atoms with E-state index in [0.29, 0.717) is 0 Å². The minimum atomic E-state index is -4.24. The lowest BCUT2D eigenvalue weighted by Crippen LogP contribution is -2.64. The topological polar surface area (TPSA) is 55.4 Å². The van der Waals surface area contributed by atoms with Crippen LogP contribution in [0.3, 0.4) is 0 Å². The van der Waals surface area contributed by atoms with Crippen LogP contribution in [-0.4, -0.2) is 27.5 Å². The zero-order chi connectivity index (χ0) is 21.5. The third-order valence-electron chi connectivity index (χ3n) is 4.54. The standard InChI is InChI=1S/C18H22BrF4NO3S/c1-5-27-14(25)18(22,23)16(24-28(26)15(2,3)4)8-9-17(20,21)12-7-6-11(19)10-13(12)16/h6-7,10,24H,5,8-9H2,1-4H3/t16-,28?/m1/s1. The molecule has 1 aromatic carbocycles. The van der Waals surface area contributed by atoms with Gasteiger partial charge in [-0.15, -0.1) is 0 Å². The van der Waals surface area contributed by atoms with Crippen LogP contribution in [0.5, 0.6) is 0 Å². The number of halogens is 5. The van der Waals surface area contributed by atoms with Gasteiger partial charge >= 0.3 is 11.9 Å². The lowest BCUT2D eigenvalue weighted by atomic mass is 9.71. The van der Waals surface area contributed by atoms with Crippen LogP contribution in [0.2, 0.25) is 0 Å². The first-order valence-electron chi connectivity index (χ1n) is 8.62. The molecule has 0 amide bonds. The Morgan fingerprint density at radius 1 is 1.25 bits per heavy atom. The molecule has 2 atom stereocenters. The summed E-state index contributed by atoms with van der Waals surface area (Å²) in [5.74, 6) is -9.46. The van der Waals surface area contributed by atoms with Gasteiger partial charge in [-0.1, -0.05) is 22.0 Å². The maximum atomic E-state index is 15.4. The van der Waals surface area contributed by atoms with Gasteiger partial charge in [-0.05, 0) is 51.8 Å². The number of carbonyl (C=O) groups excluding carboxylic acids is 1. The van der Waals surface area contributed by atoms with Crippen molar-refractivity contribution in [2.24, 2.45) is 0 Å². The molecule has 0 aliphatic heterocycles. The highest BCUT2D eigenvalue weighted by Crippen LogP contribution is 2.54. The molecule has 1 aliphatic rings. The number of esters is 1. The second kappa shape index (κ2) is 7.68. The van der Waals surface area contributed by atoms with E-state index in [2.05, 4.69) is 25.4 Å². The first-order chi connectivity index (χ1) is 12.7. The van der Waals surface area contributed by atoms with Crippen LogP contribution < -0.4 is 4.72 Å². The monoisotopic (exact) mass is 487 g/mol. The van der Waals surface area contributed by atoms with Gasteiger partial charge in [0.1, 0.15) is 5.54 Å². The molecule has 1 aromatic rings. The molecular weight excluding hydrogens is 466 g/mol. The number of benzene rings is 1. The summed E-state index contributed by atoms with van der Waals surface area (Å²) in [5.41, 5.74) is -3.73. The van der Waals surface area contributed by atoms with E-state index in [1.165, 1.54) is 13.0 Å². The Hall–Kier alpha value is -1.00. The summed E-state index contributed by atoms with van der Waals surface area (Å²) in [6, 6.07) is 3.46. The Balaban J connectivity index is 2.78. The van der Waals surface area contributed by atoms with Gasteiger partial charge < -0.3 is 4.74 Å². The number of fused-ring (bicyclic) bond motifs is 1. The zero-order valence-corrected chi connectivity index (χ0v) is 18.3. The maximum absolute atomic E-state index is 15.4. The van der Waals surface area contributed by atoms with Crippen LogP contribution in [0.1, 0.15) is 51.7 Å². The van der Waals surface area contributed by atoms with Gasteiger partial charge in [0.15, 0.2) is 0 Å². The highest BCUT2D eigenvalue weighted by molar-refractivity contribution is 9.10. The number of ether oxygens (including phenoxy) is 1. The van der Waals surface area contributed by atoms with Crippen LogP contribution >= 0.6 is 15.9 Å². The number of alkyl halides is 4. The Morgan fingerprint density at radius 3 is 2.39 bits per heavy atom. The van der Waals surface area contributed by atoms with E-state index < -0.39 is 63.1 Å². The van der Waals surface area contributed by atoms with E-state index in [9.17, 15) is 17.8 Å². The molecular formula is C18H22BrF4NO3S. The molecule has 0 radical (unpaired) electrons. The second-order valence-electron chi connectivity index (χ2n) is 7.58. The van der Waals surface area contributed by atoms with E-state index in [4.69, 9.17) is 0 Å². The summed E-state index contributed by atoms with van der Waals surface area (Å²) in [6.45, 7) is 5.69. The minimum Gasteiger partial charge on any atom is -0.461 e. The average Bonchev–Trinajstić information content (AvgIpc) is 2.56. The molecule has 0 fully saturated rings. The van der Waals surface area contributed by atoms with Crippen molar-refractivity contribution in [3.05, 3.63) is 33.8 Å². The first-order valence-corrected chi connectivity index (χ1v) is 10.6. The van der Waals surface area contributed by atoms with Crippen molar-refractivity contribution >= 4 is 32.9 Å². The predicted octanol–water partition coefficient (Wildman–Crippen LogP) is 4.78. The fourth-order valence-electron chi connectivity index (χ4n) is 3.01. The minimum absolute atomic E-state index is 0.274. The number of carbonyl (C=O) groups is 1. The van der Waals surface area contributed by atoms with E-state index in [-0.39, 0.29) is 11.1 Å². The molecule has 158 valence electrons. The van der Waals surface area contributed by atoms with Gasteiger partial charge in [0.2, 0.25) is 0 Å². The van der Waals surface area contributed by atoms with Gasteiger partial charge in [-0.25, -0.2) is 22.5 Å². The molecule has 10 heteroatoms. The Morgan fingerprint density at radius 2 is 1.86 bits per heavy atom. The van der Waals surface area contributed by atoms with Gasteiger partial charge in [0.05, 0.1) is 22.3 Å². The Labute approximate surface area is 172 Å². The first kappa shape index (κ1) is 23.3. The fraction of sp³-hybridized carbons (Fsp3) is 0.611. The molecule has 0 aromatic heterocycles. The molecule has 4 nitrogen and oxygen atoms in total. The van der Waals surface area contributed by atoms with E-state index in [0.717, 1.165) is 12.1 Å². The number of rotatable bonds is 5. The highest BCUT2D eigenvalue weighted by Gasteiger charge is 2.66. The van der Waals surface area contributed by atoms with Crippen molar-refractivity contribution < 1.29 is 31.3 Å². The molecule has 1 N–H and O–H groups in total. The number of hydrogen-bond donors (Lipinski definition) is 1. The predicted molar refractivity (Wildman–Crippen MR) is 102 cm³/mol. The lowest BCUT2D eigenvalue weighted by Gasteiger charge is -2.46. The molecule has 1 unspecified atom stereocenters. The summed E-state index contributed by atoms with van der Waals surface area (Å²) < 4.78 is 78.7. The molecule has 0 saturated heterocycles. The highest BCUT2D eigenvalue weighted by atomic mass is 79.9. The molecule has 0 spiro atoms. The van der Waals surface area contributed by atoms with Crippen LogP contribution in [0, 0.1) is 0 Å². The number of nitrogens with one attached hydrogen (secondary N) is 1. The van der Waals surface area contributed by atoms with E-state index in [1.54, 1.807) is 20.8 Å². The normalized spacial score (nSPS) is 23.0. The van der Waals surface area contributed by atoms with Crippen molar-refractivity contribution in [1.29, 1.82) is 0 Å². The summed E-state index contributed by atoms with van der Waals surface area (Å²) in [5, 5.41) is 0. The SMILES string of the molecule is CCOC(=O)C(F)(F)[C@@]1(NS(=O)C(C)(C)C)CCC(F)(F)c2ccc(Br)cc21. The summed E-state index contributed by atoms with van der Waals surface area (Å²) in [6.07, 6.45) is -1.75. The van der Waals surface area contributed by atoms with Crippen molar-refractivity contribution in [3.63, 3.8) is 0 Å². The zero-order valence-electron chi connectivity index (χ0n) is 15.9. The average molecular weight is 488 g/mol. The molecule has 0 saturated carbocycles. The van der Waals surface area contributed by atoms with Crippen molar-refractivity contribution in [2.45, 2.75) is 62.7 Å². The molecule has 1 aliphatic carbocycles. The number of hydrogen-bond acceptors (Lipinski definition) is 3. The molecule has 28 heavy (non-hydrogen) atoms. The van der Waals surface area contributed by atoms with Crippen LogP contribution in [0.15, 0.2) is 22.7 Å². The smallest absolute Gasteiger partial charge is 0.379 e. The largest absolute Gasteiger partial charge is 0.461 e. The second-order valence-corrected chi connectivity index (χ2v) is 10.5. The van der Waals surface area contributed by atoms with Crippen LogP contribution in [0.4, 0.5) is 17.6 Å². The quantitative estimate of drug-likeness (QED) is 0.480. The molecule has 2 rings (SSSR count). The fourth-order valence-corrected chi connectivity index (χ4v) is 4.33. The summed E-state index contributed by atoms with van der Waals surface area (Å²) in [4.78, 5) is 12.1. The van der Waals surface area contributed by atoms with Gasteiger partial charge in [-0.3, -0.25) is 0 Å². The van der Waals surface area contributed by atoms with Crippen molar-refractivity contribution in [3.8, 4) is 0 Å². The van der Waals surface area contributed by atoms with Crippen molar-refractivity contribution in [1.82, 2.24) is 4.72 Å². The molecule has 0 heterocycles. The van der Waals surface area contributed by atoms with Gasteiger partial charge in [0.25, 0.3) is 5.92 Å². The van der Waals surface area contributed by atoms with Crippen LogP contribution in [-0.2, 0) is 32.0 Å². The molecule has 0 bridgehead atoms. The maximum Gasteiger partial charge on any atom is 0.379 e. The van der Waals surface area contributed by atoms with Gasteiger partial charge in [0, 0.05) is 16.5 Å². The third kappa shape index (κ3) is 4.00. The van der Waals surface area contributed by atoms with Crippen molar-refractivity contribution in [2.75, 3.05) is 6.61 Å². The summed E-state index contributed by atoms with van der Waals surface area (Å²) in [7, 11) is -2.08.